The summed E-state index contributed by atoms with van der Waals surface area (Å²) in [6.07, 6.45) is 5.03. The van der Waals surface area contributed by atoms with Crippen LogP contribution in [0.25, 0.3) is 0 Å². The third kappa shape index (κ3) is 2.83. The predicted molar refractivity (Wildman–Crippen MR) is 74.4 cm³/mol. The standard InChI is InChI=1S/C15H23FN2/c1-11-9-15(13(12(2)17)10-14(11)16)18-7-5-3-4-6-8-18/h9-10,12H,3-8,17H2,1-2H3. The molecule has 0 bridgehead atoms. The van der Waals surface area contributed by atoms with Gasteiger partial charge in [-0.25, -0.2) is 4.39 Å². The highest BCUT2D eigenvalue weighted by Gasteiger charge is 2.17. The van der Waals surface area contributed by atoms with E-state index in [0.29, 0.717) is 5.56 Å². The van der Waals surface area contributed by atoms with Gasteiger partial charge in [-0.3, -0.25) is 0 Å². The van der Waals surface area contributed by atoms with Crippen molar-refractivity contribution in [3.8, 4) is 0 Å². The average Bonchev–Trinajstić information content (AvgIpc) is 2.60. The van der Waals surface area contributed by atoms with Gasteiger partial charge in [0.25, 0.3) is 0 Å². The zero-order valence-corrected chi connectivity index (χ0v) is 11.4. The van der Waals surface area contributed by atoms with E-state index in [-0.39, 0.29) is 11.9 Å². The molecular weight excluding hydrogens is 227 g/mol. The highest BCUT2D eigenvalue weighted by molar-refractivity contribution is 5.57. The Morgan fingerprint density at radius 3 is 2.33 bits per heavy atom. The van der Waals surface area contributed by atoms with Gasteiger partial charge in [0.15, 0.2) is 0 Å². The largest absolute Gasteiger partial charge is 0.371 e. The van der Waals surface area contributed by atoms with Crippen molar-refractivity contribution in [2.75, 3.05) is 18.0 Å². The minimum absolute atomic E-state index is 0.127. The molecule has 0 aromatic heterocycles. The molecule has 18 heavy (non-hydrogen) atoms. The first-order valence-corrected chi connectivity index (χ1v) is 6.90. The highest BCUT2D eigenvalue weighted by atomic mass is 19.1. The van der Waals surface area contributed by atoms with Crippen LogP contribution in [0.4, 0.5) is 10.1 Å². The number of hydrogen-bond donors (Lipinski definition) is 1. The molecule has 1 saturated heterocycles. The molecule has 2 N–H and O–H groups in total. The van der Waals surface area contributed by atoms with E-state index in [1.165, 1.54) is 25.7 Å². The highest BCUT2D eigenvalue weighted by Crippen LogP contribution is 2.30. The molecule has 0 aliphatic carbocycles. The minimum Gasteiger partial charge on any atom is -0.371 e. The second kappa shape index (κ2) is 5.70. The van der Waals surface area contributed by atoms with Crippen molar-refractivity contribution >= 4 is 5.69 Å². The van der Waals surface area contributed by atoms with Gasteiger partial charge in [0.1, 0.15) is 5.82 Å². The normalized spacial score (nSPS) is 18.6. The van der Waals surface area contributed by atoms with Crippen LogP contribution in [0.15, 0.2) is 12.1 Å². The summed E-state index contributed by atoms with van der Waals surface area (Å²) in [6, 6.07) is 3.44. The maximum absolute atomic E-state index is 13.7. The molecule has 1 heterocycles. The van der Waals surface area contributed by atoms with Crippen LogP contribution in [0.1, 0.15) is 49.8 Å². The molecule has 0 saturated carbocycles. The molecule has 2 rings (SSSR count). The van der Waals surface area contributed by atoms with Crippen LogP contribution in [0.2, 0.25) is 0 Å². The van der Waals surface area contributed by atoms with Crippen LogP contribution < -0.4 is 10.6 Å². The number of nitrogens with two attached hydrogens (primary N) is 1. The summed E-state index contributed by atoms with van der Waals surface area (Å²) in [4.78, 5) is 2.37. The summed E-state index contributed by atoms with van der Waals surface area (Å²) in [7, 11) is 0. The van der Waals surface area contributed by atoms with Gasteiger partial charge < -0.3 is 10.6 Å². The zero-order valence-electron chi connectivity index (χ0n) is 11.4. The first kappa shape index (κ1) is 13.3. The Bertz CT molecular complexity index is 407. The van der Waals surface area contributed by atoms with E-state index in [1.807, 2.05) is 19.9 Å². The Kier molecular flexibility index (Phi) is 4.23. The number of rotatable bonds is 2. The number of aryl methyl sites for hydroxylation is 1. The van der Waals surface area contributed by atoms with Gasteiger partial charge >= 0.3 is 0 Å². The van der Waals surface area contributed by atoms with E-state index in [1.54, 1.807) is 6.07 Å². The monoisotopic (exact) mass is 250 g/mol. The van der Waals surface area contributed by atoms with Crippen LogP contribution in [0, 0.1) is 12.7 Å². The van der Waals surface area contributed by atoms with Gasteiger partial charge in [-0.05, 0) is 49.9 Å². The molecule has 1 aliphatic rings. The van der Waals surface area contributed by atoms with Crippen molar-refractivity contribution in [2.24, 2.45) is 5.73 Å². The van der Waals surface area contributed by atoms with Crippen molar-refractivity contribution in [1.82, 2.24) is 0 Å². The van der Waals surface area contributed by atoms with E-state index in [2.05, 4.69) is 4.90 Å². The Morgan fingerprint density at radius 1 is 1.17 bits per heavy atom. The Balaban J connectivity index is 2.37. The minimum atomic E-state index is -0.152. The number of benzene rings is 1. The molecule has 1 aromatic carbocycles. The maximum atomic E-state index is 13.7. The van der Waals surface area contributed by atoms with Gasteiger partial charge in [0.2, 0.25) is 0 Å². The zero-order chi connectivity index (χ0) is 13.1. The topological polar surface area (TPSA) is 29.3 Å². The lowest BCUT2D eigenvalue weighted by Crippen LogP contribution is -2.26. The molecule has 1 fully saturated rings. The number of anilines is 1. The fraction of sp³-hybridized carbons (Fsp3) is 0.600. The molecular formula is C15H23FN2. The van der Waals surface area contributed by atoms with Crippen molar-refractivity contribution in [2.45, 2.75) is 45.6 Å². The molecule has 1 atom stereocenters. The van der Waals surface area contributed by atoms with Crippen LogP contribution in [-0.2, 0) is 0 Å². The Hall–Kier alpha value is -1.09. The molecule has 1 aliphatic heterocycles. The first-order valence-electron chi connectivity index (χ1n) is 6.90. The Morgan fingerprint density at radius 2 is 1.78 bits per heavy atom. The number of halogens is 1. The fourth-order valence-corrected chi connectivity index (χ4v) is 2.63. The van der Waals surface area contributed by atoms with Crippen molar-refractivity contribution < 1.29 is 4.39 Å². The summed E-state index contributed by atoms with van der Waals surface area (Å²) in [5.41, 5.74) is 8.75. The second-order valence-corrected chi connectivity index (χ2v) is 5.35. The Labute approximate surface area is 109 Å². The van der Waals surface area contributed by atoms with E-state index in [4.69, 9.17) is 5.73 Å². The van der Waals surface area contributed by atoms with Crippen LogP contribution in [0.3, 0.4) is 0 Å². The summed E-state index contributed by atoms with van der Waals surface area (Å²) in [5.74, 6) is -0.152. The van der Waals surface area contributed by atoms with Crippen LogP contribution in [-0.4, -0.2) is 13.1 Å². The number of nitrogens with zero attached hydrogens (tertiary/aromatic N) is 1. The van der Waals surface area contributed by atoms with Crippen molar-refractivity contribution in [3.05, 3.63) is 29.1 Å². The van der Waals surface area contributed by atoms with Crippen molar-refractivity contribution in [3.63, 3.8) is 0 Å². The van der Waals surface area contributed by atoms with Crippen LogP contribution >= 0.6 is 0 Å². The maximum Gasteiger partial charge on any atom is 0.126 e. The summed E-state index contributed by atoms with van der Waals surface area (Å²) in [6.45, 7) is 5.86. The third-order valence-electron chi connectivity index (χ3n) is 3.75. The predicted octanol–water partition coefficient (Wildman–Crippen LogP) is 3.53. The van der Waals surface area contributed by atoms with Gasteiger partial charge in [0.05, 0.1) is 0 Å². The molecule has 100 valence electrons. The molecule has 0 radical (unpaired) electrons. The van der Waals surface area contributed by atoms with Gasteiger partial charge in [-0.15, -0.1) is 0 Å². The third-order valence-corrected chi connectivity index (χ3v) is 3.75. The quantitative estimate of drug-likeness (QED) is 0.870. The lowest BCUT2D eigenvalue weighted by Gasteiger charge is -2.27. The van der Waals surface area contributed by atoms with Gasteiger partial charge in [0, 0.05) is 24.8 Å². The van der Waals surface area contributed by atoms with Crippen LogP contribution in [0.5, 0.6) is 0 Å². The number of hydrogen-bond acceptors (Lipinski definition) is 2. The lowest BCUT2D eigenvalue weighted by molar-refractivity contribution is 0.612. The molecule has 0 spiro atoms. The lowest BCUT2D eigenvalue weighted by atomic mass is 10.0. The molecule has 1 aromatic rings. The summed E-state index contributed by atoms with van der Waals surface area (Å²) >= 11 is 0. The van der Waals surface area contributed by atoms with E-state index < -0.39 is 0 Å². The average molecular weight is 250 g/mol. The molecule has 2 nitrogen and oxygen atoms in total. The SMILES string of the molecule is Cc1cc(N2CCCCCC2)c(C(C)N)cc1F. The van der Waals surface area contributed by atoms with E-state index in [9.17, 15) is 4.39 Å². The molecule has 3 heteroatoms. The van der Waals surface area contributed by atoms with E-state index >= 15 is 0 Å². The second-order valence-electron chi connectivity index (χ2n) is 5.35. The molecule has 1 unspecified atom stereocenters. The van der Waals surface area contributed by atoms with E-state index in [0.717, 1.165) is 24.3 Å². The summed E-state index contributed by atoms with van der Waals surface area (Å²) in [5, 5.41) is 0. The van der Waals surface area contributed by atoms with Gasteiger partial charge in [-0.2, -0.15) is 0 Å². The van der Waals surface area contributed by atoms with Crippen molar-refractivity contribution in [1.29, 1.82) is 0 Å². The first-order chi connectivity index (χ1) is 8.59. The van der Waals surface area contributed by atoms with Gasteiger partial charge in [-0.1, -0.05) is 12.8 Å². The summed E-state index contributed by atoms with van der Waals surface area (Å²) < 4.78 is 13.7. The fourth-order valence-electron chi connectivity index (χ4n) is 2.63. The smallest absolute Gasteiger partial charge is 0.126 e. The molecule has 0 amide bonds.